The van der Waals surface area contributed by atoms with Crippen LogP contribution in [-0.2, 0) is 0 Å². The molecule has 0 aromatic heterocycles. The first-order chi connectivity index (χ1) is 9.15. The number of anilines is 1. The normalized spacial score (nSPS) is 19.0. The van der Waals surface area contributed by atoms with Gasteiger partial charge in [-0.15, -0.1) is 4.91 Å². The molecule has 0 saturated carbocycles. The molecule has 1 aromatic rings. The van der Waals surface area contributed by atoms with Crippen LogP contribution in [0.3, 0.4) is 0 Å². The maximum absolute atomic E-state index is 13.8. The number of rotatable bonds is 3. The van der Waals surface area contributed by atoms with Crippen molar-refractivity contribution in [2.75, 3.05) is 18.0 Å². The third-order valence-corrected chi connectivity index (χ3v) is 3.32. The molecular weight excluding hydrogens is 252 g/mol. The zero-order valence-electron chi connectivity index (χ0n) is 10.3. The van der Waals surface area contributed by atoms with Crippen molar-refractivity contribution >= 4 is 11.4 Å². The smallest absolute Gasteiger partial charge is 0.151 e. The van der Waals surface area contributed by atoms with Crippen molar-refractivity contribution in [2.24, 2.45) is 11.1 Å². The van der Waals surface area contributed by atoms with Gasteiger partial charge < -0.3 is 4.90 Å². The van der Waals surface area contributed by atoms with Crippen LogP contribution < -0.4 is 4.90 Å². The molecule has 0 N–H and O–H groups in total. The second-order valence-corrected chi connectivity index (χ2v) is 4.67. The van der Waals surface area contributed by atoms with E-state index in [-0.39, 0.29) is 17.3 Å². The van der Waals surface area contributed by atoms with Gasteiger partial charge in [0.15, 0.2) is 11.6 Å². The molecule has 0 spiro atoms. The van der Waals surface area contributed by atoms with Crippen LogP contribution in [0.2, 0.25) is 0 Å². The van der Waals surface area contributed by atoms with Crippen LogP contribution in [0.15, 0.2) is 17.3 Å². The highest BCUT2D eigenvalue weighted by molar-refractivity contribution is 5.55. The summed E-state index contributed by atoms with van der Waals surface area (Å²) in [6.07, 6.45) is 2.06. The maximum atomic E-state index is 13.8. The standard InChI is InChI=1S/C13H13F2N3O/c14-11-6-10(17-19)7-12(15)13(11)18-5-1-2-9(8-18)3-4-16/h6-7,9H,1-3,5,8H2. The number of piperidine rings is 1. The van der Waals surface area contributed by atoms with Gasteiger partial charge in [0.25, 0.3) is 0 Å². The molecule has 0 aliphatic carbocycles. The number of hydrogen-bond donors (Lipinski definition) is 0. The molecule has 1 saturated heterocycles. The minimum Gasteiger partial charge on any atom is -0.366 e. The van der Waals surface area contributed by atoms with E-state index >= 15 is 0 Å². The topological polar surface area (TPSA) is 56.5 Å². The van der Waals surface area contributed by atoms with Crippen LogP contribution >= 0.6 is 0 Å². The van der Waals surface area contributed by atoms with E-state index < -0.39 is 11.6 Å². The third-order valence-electron chi connectivity index (χ3n) is 3.32. The molecule has 6 heteroatoms. The Balaban J connectivity index is 2.26. The Morgan fingerprint density at radius 1 is 1.42 bits per heavy atom. The fourth-order valence-electron chi connectivity index (χ4n) is 2.47. The van der Waals surface area contributed by atoms with E-state index in [0.717, 1.165) is 25.0 Å². The van der Waals surface area contributed by atoms with Gasteiger partial charge in [-0.05, 0) is 23.9 Å². The molecule has 1 unspecified atom stereocenters. The first kappa shape index (κ1) is 13.4. The van der Waals surface area contributed by atoms with Crippen molar-refractivity contribution in [2.45, 2.75) is 19.3 Å². The van der Waals surface area contributed by atoms with Crippen molar-refractivity contribution in [1.29, 1.82) is 5.26 Å². The average molecular weight is 265 g/mol. The summed E-state index contributed by atoms with van der Waals surface area (Å²) in [6, 6.07) is 3.95. The summed E-state index contributed by atoms with van der Waals surface area (Å²) in [5, 5.41) is 11.2. The van der Waals surface area contributed by atoms with E-state index in [1.807, 2.05) is 0 Å². The van der Waals surface area contributed by atoms with Gasteiger partial charge in [-0.25, -0.2) is 8.78 Å². The molecule has 0 radical (unpaired) electrons. The van der Waals surface area contributed by atoms with Gasteiger partial charge in [0.05, 0.1) is 6.07 Å². The highest BCUT2D eigenvalue weighted by atomic mass is 19.1. The number of hydrogen-bond acceptors (Lipinski definition) is 4. The maximum Gasteiger partial charge on any atom is 0.151 e. The van der Waals surface area contributed by atoms with Crippen LogP contribution in [0, 0.1) is 33.8 Å². The van der Waals surface area contributed by atoms with Gasteiger partial charge in [-0.1, -0.05) is 0 Å². The lowest BCUT2D eigenvalue weighted by molar-refractivity contribution is 0.413. The zero-order chi connectivity index (χ0) is 13.8. The number of halogens is 2. The van der Waals surface area contributed by atoms with Crippen LogP contribution in [0.1, 0.15) is 19.3 Å². The van der Waals surface area contributed by atoms with E-state index in [4.69, 9.17) is 5.26 Å². The van der Waals surface area contributed by atoms with Gasteiger partial charge in [0.2, 0.25) is 0 Å². The lowest BCUT2D eigenvalue weighted by Gasteiger charge is -2.33. The molecule has 1 fully saturated rings. The summed E-state index contributed by atoms with van der Waals surface area (Å²) < 4.78 is 27.7. The van der Waals surface area contributed by atoms with Crippen LogP contribution in [0.25, 0.3) is 0 Å². The quantitative estimate of drug-likeness (QED) is 0.786. The molecule has 0 amide bonds. The first-order valence-electron chi connectivity index (χ1n) is 6.10. The predicted octanol–water partition coefficient (Wildman–Crippen LogP) is 3.49. The average Bonchev–Trinajstić information content (AvgIpc) is 2.38. The van der Waals surface area contributed by atoms with Crippen molar-refractivity contribution in [3.63, 3.8) is 0 Å². The lowest BCUT2D eigenvalue weighted by atomic mass is 9.95. The van der Waals surface area contributed by atoms with Crippen LogP contribution in [0.4, 0.5) is 20.2 Å². The Morgan fingerprint density at radius 3 is 2.68 bits per heavy atom. The summed E-state index contributed by atoms with van der Waals surface area (Å²) in [7, 11) is 0. The highest BCUT2D eigenvalue weighted by Crippen LogP contribution is 2.32. The second kappa shape index (κ2) is 5.74. The molecule has 1 aliphatic rings. The molecule has 1 aromatic carbocycles. The number of nitroso groups, excluding NO2 is 1. The first-order valence-corrected chi connectivity index (χ1v) is 6.10. The van der Waals surface area contributed by atoms with Crippen LogP contribution in [0.5, 0.6) is 0 Å². The number of nitriles is 1. The minimum atomic E-state index is -0.785. The zero-order valence-corrected chi connectivity index (χ0v) is 10.3. The molecule has 4 nitrogen and oxygen atoms in total. The Morgan fingerprint density at radius 2 is 2.11 bits per heavy atom. The van der Waals surface area contributed by atoms with Gasteiger partial charge in [-0.2, -0.15) is 5.26 Å². The largest absolute Gasteiger partial charge is 0.366 e. The third kappa shape index (κ3) is 2.87. The van der Waals surface area contributed by atoms with E-state index in [9.17, 15) is 13.7 Å². The van der Waals surface area contributed by atoms with Gasteiger partial charge in [-0.3, -0.25) is 0 Å². The van der Waals surface area contributed by atoms with E-state index in [2.05, 4.69) is 11.2 Å². The van der Waals surface area contributed by atoms with Crippen molar-refractivity contribution in [3.8, 4) is 6.07 Å². The molecule has 2 rings (SSSR count). The van der Waals surface area contributed by atoms with E-state index in [1.54, 1.807) is 4.90 Å². The fraction of sp³-hybridized carbons (Fsp3) is 0.462. The molecular formula is C13H13F2N3O. The fourth-order valence-corrected chi connectivity index (χ4v) is 2.47. The van der Waals surface area contributed by atoms with E-state index in [0.29, 0.717) is 19.5 Å². The summed E-state index contributed by atoms with van der Waals surface area (Å²) >= 11 is 0. The molecule has 100 valence electrons. The Bertz CT molecular complexity index is 504. The SMILES string of the molecule is N#CCC1CCCN(c2c(F)cc(N=O)cc2F)C1. The van der Waals surface area contributed by atoms with Gasteiger partial charge in [0.1, 0.15) is 11.4 Å². The molecule has 1 aliphatic heterocycles. The minimum absolute atomic E-state index is 0.126. The Kier molecular flexibility index (Phi) is 4.05. The van der Waals surface area contributed by atoms with Crippen molar-refractivity contribution in [3.05, 3.63) is 28.7 Å². The Hall–Kier alpha value is -2.03. The predicted molar refractivity (Wildman–Crippen MR) is 67.0 cm³/mol. The Labute approximate surface area is 109 Å². The monoisotopic (exact) mass is 265 g/mol. The number of nitrogens with zero attached hydrogens (tertiary/aromatic N) is 3. The summed E-state index contributed by atoms with van der Waals surface area (Å²) in [6.45, 7) is 0.999. The molecule has 0 bridgehead atoms. The molecule has 1 atom stereocenters. The molecule has 1 heterocycles. The molecule has 19 heavy (non-hydrogen) atoms. The van der Waals surface area contributed by atoms with Gasteiger partial charge >= 0.3 is 0 Å². The van der Waals surface area contributed by atoms with Gasteiger partial charge in [0, 0.05) is 31.6 Å². The highest BCUT2D eigenvalue weighted by Gasteiger charge is 2.25. The van der Waals surface area contributed by atoms with Crippen LogP contribution in [-0.4, -0.2) is 13.1 Å². The van der Waals surface area contributed by atoms with Crippen molar-refractivity contribution in [1.82, 2.24) is 0 Å². The second-order valence-electron chi connectivity index (χ2n) is 4.67. The lowest BCUT2D eigenvalue weighted by Crippen LogP contribution is -2.36. The number of benzene rings is 1. The summed E-state index contributed by atoms with van der Waals surface area (Å²) in [4.78, 5) is 11.9. The summed E-state index contributed by atoms with van der Waals surface area (Å²) in [5.41, 5.74) is -0.389. The van der Waals surface area contributed by atoms with E-state index in [1.165, 1.54) is 0 Å². The summed E-state index contributed by atoms with van der Waals surface area (Å²) in [5.74, 6) is -1.44. The van der Waals surface area contributed by atoms with Crippen molar-refractivity contribution < 1.29 is 8.78 Å².